The van der Waals surface area contributed by atoms with Gasteiger partial charge in [0.1, 0.15) is 17.4 Å². The molecule has 1 aliphatic rings. The van der Waals surface area contributed by atoms with E-state index in [0.717, 1.165) is 35.5 Å². The van der Waals surface area contributed by atoms with Crippen LogP contribution in [0.25, 0.3) is 0 Å². The summed E-state index contributed by atoms with van der Waals surface area (Å²) in [5.41, 5.74) is 1.23. The fourth-order valence-electron chi connectivity index (χ4n) is 2.12. The normalized spacial score (nSPS) is 15.4. The van der Waals surface area contributed by atoms with Gasteiger partial charge in [0.05, 0.1) is 6.54 Å². The lowest BCUT2D eigenvalue weighted by Crippen LogP contribution is -2.25. The van der Waals surface area contributed by atoms with Gasteiger partial charge < -0.3 is 10.1 Å². The van der Waals surface area contributed by atoms with Crippen LogP contribution in [0.2, 0.25) is 0 Å². The van der Waals surface area contributed by atoms with E-state index in [0.29, 0.717) is 6.61 Å². The maximum atomic E-state index is 5.76. The van der Waals surface area contributed by atoms with Crippen LogP contribution in [0.1, 0.15) is 10.6 Å². The van der Waals surface area contributed by atoms with Gasteiger partial charge in [-0.3, -0.25) is 4.90 Å². The lowest BCUT2D eigenvalue weighted by atomic mass is 10.2. The van der Waals surface area contributed by atoms with Gasteiger partial charge in [-0.25, -0.2) is 0 Å². The summed E-state index contributed by atoms with van der Waals surface area (Å²) in [5, 5.41) is 13.2. The molecule has 100 valence electrons. The molecule has 0 saturated heterocycles. The lowest BCUT2D eigenvalue weighted by molar-refractivity contribution is 0.219. The summed E-state index contributed by atoms with van der Waals surface area (Å²) in [7, 11) is 1.86. The second-order valence-electron chi connectivity index (χ2n) is 4.42. The first-order valence-electron chi connectivity index (χ1n) is 6.28. The number of rotatable bonds is 3. The number of fused-ring (bicyclic) bond motifs is 1. The molecule has 0 unspecified atom stereocenters. The summed E-state index contributed by atoms with van der Waals surface area (Å²) in [6, 6.07) is 8.21. The number of hydrogen-bond donors (Lipinski definition) is 1. The van der Waals surface area contributed by atoms with Crippen LogP contribution in [-0.2, 0) is 13.1 Å². The Bertz CT molecular complexity index is 557. The van der Waals surface area contributed by atoms with Gasteiger partial charge in [0.25, 0.3) is 0 Å². The van der Waals surface area contributed by atoms with Crippen molar-refractivity contribution >= 4 is 16.5 Å². The van der Waals surface area contributed by atoms with Crippen LogP contribution >= 0.6 is 11.3 Å². The highest BCUT2D eigenvalue weighted by Gasteiger charge is 2.16. The van der Waals surface area contributed by atoms with Crippen LogP contribution in [0.3, 0.4) is 0 Å². The summed E-state index contributed by atoms with van der Waals surface area (Å²) in [6.45, 7) is 3.33. The van der Waals surface area contributed by atoms with E-state index in [1.807, 2.05) is 19.2 Å². The topological polar surface area (TPSA) is 50.3 Å². The molecule has 6 heteroatoms. The standard InChI is InChI=1S/C13H16N4OS/c1-14-13-16-15-12(19-13)9-17-6-7-18-11-5-3-2-4-10(11)8-17/h2-5H,6-9H2,1H3,(H,14,16). The highest BCUT2D eigenvalue weighted by molar-refractivity contribution is 7.15. The third-order valence-corrected chi connectivity index (χ3v) is 4.00. The Hall–Kier alpha value is -1.66. The van der Waals surface area contributed by atoms with Gasteiger partial charge in [-0.1, -0.05) is 29.5 Å². The first-order chi connectivity index (χ1) is 9.35. The first-order valence-corrected chi connectivity index (χ1v) is 7.10. The molecular formula is C13H16N4OS. The Morgan fingerprint density at radius 3 is 3.11 bits per heavy atom. The number of anilines is 1. The van der Waals surface area contributed by atoms with E-state index >= 15 is 0 Å². The van der Waals surface area contributed by atoms with E-state index in [-0.39, 0.29) is 0 Å². The van der Waals surface area contributed by atoms with Gasteiger partial charge >= 0.3 is 0 Å². The molecule has 1 aliphatic heterocycles. The van der Waals surface area contributed by atoms with E-state index < -0.39 is 0 Å². The van der Waals surface area contributed by atoms with E-state index in [4.69, 9.17) is 4.74 Å². The van der Waals surface area contributed by atoms with Crippen LogP contribution in [0.5, 0.6) is 5.75 Å². The van der Waals surface area contributed by atoms with Crippen molar-refractivity contribution in [2.75, 3.05) is 25.5 Å². The molecule has 0 atom stereocenters. The largest absolute Gasteiger partial charge is 0.492 e. The van der Waals surface area contributed by atoms with Crippen molar-refractivity contribution in [2.24, 2.45) is 0 Å². The molecule has 0 spiro atoms. The number of hydrogen-bond acceptors (Lipinski definition) is 6. The molecular weight excluding hydrogens is 260 g/mol. The number of nitrogens with one attached hydrogen (secondary N) is 1. The minimum atomic E-state index is 0.717. The highest BCUT2D eigenvalue weighted by Crippen LogP contribution is 2.24. The van der Waals surface area contributed by atoms with E-state index in [9.17, 15) is 0 Å². The smallest absolute Gasteiger partial charge is 0.205 e. The van der Waals surface area contributed by atoms with Crippen LogP contribution in [0.4, 0.5) is 5.13 Å². The Balaban J connectivity index is 1.72. The molecule has 1 aromatic carbocycles. The molecule has 3 rings (SSSR count). The zero-order chi connectivity index (χ0) is 13.1. The molecule has 2 aromatic rings. The summed E-state index contributed by atoms with van der Waals surface area (Å²) >= 11 is 1.60. The lowest BCUT2D eigenvalue weighted by Gasteiger charge is -2.17. The molecule has 5 nitrogen and oxygen atoms in total. The minimum Gasteiger partial charge on any atom is -0.492 e. The fourth-order valence-corrected chi connectivity index (χ4v) is 2.86. The summed E-state index contributed by atoms with van der Waals surface area (Å²) in [6.07, 6.45) is 0. The molecule has 0 amide bonds. The van der Waals surface area contributed by atoms with Gasteiger partial charge in [-0.05, 0) is 6.07 Å². The number of benzene rings is 1. The molecule has 0 fully saturated rings. The van der Waals surface area contributed by atoms with Crippen LogP contribution in [0, 0.1) is 0 Å². The average Bonchev–Trinajstić information content (AvgIpc) is 2.78. The molecule has 1 aromatic heterocycles. The van der Waals surface area contributed by atoms with Crippen LogP contribution < -0.4 is 10.1 Å². The first kappa shape index (κ1) is 12.4. The molecule has 0 bridgehead atoms. The summed E-state index contributed by atoms with van der Waals surface area (Å²) < 4.78 is 5.76. The van der Waals surface area contributed by atoms with Gasteiger partial charge in [-0.15, -0.1) is 10.2 Å². The van der Waals surface area contributed by atoms with E-state index in [1.54, 1.807) is 11.3 Å². The Labute approximate surface area is 116 Å². The molecule has 19 heavy (non-hydrogen) atoms. The highest BCUT2D eigenvalue weighted by atomic mass is 32.1. The van der Waals surface area contributed by atoms with Crippen molar-refractivity contribution in [3.8, 4) is 5.75 Å². The molecule has 0 radical (unpaired) electrons. The average molecular weight is 276 g/mol. The third-order valence-electron chi connectivity index (χ3n) is 3.07. The number of aromatic nitrogens is 2. The number of ether oxygens (including phenoxy) is 1. The predicted molar refractivity (Wildman–Crippen MR) is 75.5 cm³/mol. The van der Waals surface area contributed by atoms with Gasteiger partial charge in [-0.2, -0.15) is 0 Å². The minimum absolute atomic E-state index is 0.717. The van der Waals surface area contributed by atoms with Crippen molar-refractivity contribution in [1.29, 1.82) is 0 Å². The second kappa shape index (κ2) is 5.54. The maximum Gasteiger partial charge on any atom is 0.205 e. The zero-order valence-electron chi connectivity index (χ0n) is 10.8. The van der Waals surface area contributed by atoms with Crippen LogP contribution in [-0.4, -0.2) is 35.3 Å². The molecule has 1 N–H and O–H groups in total. The Morgan fingerprint density at radius 2 is 2.26 bits per heavy atom. The maximum absolute atomic E-state index is 5.76. The Morgan fingerprint density at radius 1 is 1.37 bits per heavy atom. The number of nitrogens with zero attached hydrogens (tertiary/aromatic N) is 3. The SMILES string of the molecule is CNc1nnc(CN2CCOc3ccccc3C2)s1. The van der Waals surface area contributed by atoms with Crippen molar-refractivity contribution in [2.45, 2.75) is 13.1 Å². The zero-order valence-corrected chi connectivity index (χ0v) is 11.6. The molecule has 0 aliphatic carbocycles. The third kappa shape index (κ3) is 2.85. The number of para-hydroxylation sites is 1. The molecule has 2 heterocycles. The van der Waals surface area contributed by atoms with E-state index in [2.05, 4.69) is 32.5 Å². The van der Waals surface area contributed by atoms with Crippen molar-refractivity contribution in [3.05, 3.63) is 34.8 Å². The monoisotopic (exact) mass is 276 g/mol. The van der Waals surface area contributed by atoms with Gasteiger partial charge in [0.15, 0.2) is 0 Å². The van der Waals surface area contributed by atoms with E-state index in [1.165, 1.54) is 5.56 Å². The van der Waals surface area contributed by atoms with Gasteiger partial charge in [0, 0.05) is 25.7 Å². The predicted octanol–water partition coefficient (Wildman–Crippen LogP) is 1.97. The van der Waals surface area contributed by atoms with Crippen molar-refractivity contribution < 1.29 is 4.74 Å². The quantitative estimate of drug-likeness (QED) is 0.929. The Kier molecular flexibility index (Phi) is 3.61. The molecule has 0 saturated carbocycles. The summed E-state index contributed by atoms with van der Waals surface area (Å²) in [4.78, 5) is 2.34. The van der Waals surface area contributed by atoms with Gasteiger partial charge in [0.2, 0.25) is 5.13 Å². The summed E-state index contributed by atoms with van der Waals surface area (Å²) in [5.74, 6) is 0.998. The van der Waals surface area contributed by atoms with Crippen molar-refractivity contribution in [1.82, 2.24) is 15.1 Å². The van der Waals surface area contributed by atoms with Crippen molar-refractivity contribution in [3.63, 3.8) is 0 Å². The fraction of sp³-hybridized carbons (Fsp3) is 0.385. The van der Waals surface area contributed by atoms with Crippen LogP contribution in [0.15, 0.2) is 24.3 Å². The second-order valence-corrected chi connectivity index (χ2v) is 5.48.